The first kappa shape index (κ1) is 28.5. The standard InChI is InChI=1S/C37H43NO3Si/c1-22-15-14-18-28-31(22)34-26(20-30(41-34)42(9,10)11)33-25-19-27(35(2,3)4)23-16-12-13-17-24(23)32(25)37(7,29(21-39)40-8)36(5,6)38(28)33/h12-21H,1-11H3/p+1/b29-21-. The number of benzene rings is 3. The fraction of sp³-hybridized carbons (Fsp3) is 0.378. The Morgan fingerprint density at radius 3 is 2.21 bits per heavy atom. The molecule has 0 saturated heterocycles. The Bertz CT molecular complexity index is 1950. The van der Waals surface area contributed by atoms with Crippen molar-refractivity contribution in [2.45, 2.75) is 84.5 Å². The molecule has 3 aromatic carbocycles. The number of allylic oxidation sites excluding steroid dienone is 1. The van der Waals surface area contributed by atoms with Crippen LogP contribution in [0.2, 0.25) is 19.6 Å². The Labute approximate surface area is 250 Å². The van der Waals surface area contributed by atoms with Gasteiger partial charge in [0.1, 0.15) is 25.5 Å². The zero-order valence-electron chi connectivity index (χ0n) is 27.0. The van der Waals surface area contributed by atoms with Crippen molar-refractivity contribution in [1.29, 1.82) is 0 Å². The predicted octanol–water partition coefficient (Wildman–Crippen LogP) is 8.90. The van der Waals surface area contributed by atoms with Crippen LogP contribution in [0, 0.1) is 6.92 Å². The van der Waals surface area contributed by atoms with Gasteiger partial charge in [0.2, 0.25) is 11.2 Å². The molecule has 1 N–H and O–H groups in total. The molecule has 5 heteroatoms. The van der Waals surface area contributed by atoms with Crippen LogP contribution in [0.1, 0.15) is 58.2 Å². The fourth-order valence-corrected chi connectivity index (χ4v) is 8.39. The fourth-order valence-electron chi connectivity index (χ4n) is 7.40. The van der Waals surface area contributed by atoms with Gasteiger partial charge in [-0.25, -0.2) is 0 Å². The van der Waals surface area contributed by atoms with Crippen LogP contribution in [0.3, 0.4) is 0 Å². The van der Waals surface area contributed by atoms with Crippen molar-refractivity contribution in [3.63, 3.8) is 0 Å². The lowest BCUT2D eigenvalue weighted by Gasteiger charge is -2.46. The molecular formula is C37H44NO3Si+. The lowest BCUT2D eigenvalue weighted by molar-refractivity contribution is -0.735. The number of hydrogen-bond donors (Lipinski definition) is 1. The van der Waals surface area contributed by atoms with Crippen LogP contribution in [0.5, 0.6) is 0 Å². The molecule has 42 heavy (non-hydrogen) atoms. The number of hydrogen-bond acceptors (Lipinski definition) is 3. The second-order valence-electron chi connectivity index (χ2n) is 14.8. The van der Waals surface area contributed by atoms with E-state index in [2.05, 4.69) is 127 Å². The van der Waals surface area contributed by atoms with Crippen molar-refractivity contribution in [2.24, 2.45) is 0 Å². The van der Waals surface area contributed by atoms with Crippen LogP contribution in [0.15, 0.2) is 71.0 Å². The summed E-state index contributed by atoms with van der Waals surface area (Å²) < 4.78 is 15.4. The molecule has 2 aromatic heterocycles. The van der Waals surface area contributed by atoms with Gasteiger partial charge in [0.25, 0.3) is 0 Å². The number of aromatic nitrogens is 1. The molecule has 6 rings (SSSR count). The Balaban J connectivity index is 1.99. The van der Waals surface area contributed by atoms with E-state index in [1.165, 1.54) is 33.2 Å². The average Bonchev–Trinajstić information content (AvgIpc) is 3.36. The smallest absolute Gasteiger partial charge is 0.225 e. The molecular weight excluding hydrogens is 534 g/mol. The van der Waals surface area contributed by atoms with Gasteiger partial charge < -0.3 is 14.3 Å². The van der Waals surface area contributed by atoms with Crippen LogP contribution >= 0.6 is 0 Å². The lowest BCUT2D eigenvalue weighted by atomic mass is 9.60. The summed E-state index contributed by atoms with van der Waals surface area (Å²) in [6, 6.07) is 20.0. The summed E-state index contributed by atoms with van der Waals surface area (Å²) in [7, 11) is -0.111. The SMILES string of the molecule is CO/C(=C\O)C1(C)c2c(cc(C(C)(C)C)c3ccccc23)-c2c3cc([Si](C)(C)C)oc3c3c(C)cccc3[n+]2C1(C)C. The number of nitrogens with zero attached hydrogens (tertiary/aromatic N) is 1. The van der Waals surface area contributed by atoms with Crippen LogP contribution < -0.4 is 9.95 Å². The first-order valence-electron chi connectivity index (χ1n) is 15.0. The highest BCUT2D eigenvalue weighted by Crippen LogP contribution is 2.55. The van der Waals surface area contributed by atoms with E-state index in [0.29, 0.717) is 5.76 Å². The summed E-state index contributed by atoms with van der Waals surface area (Å²) in [4.78, 5) is 0. The maximum absolute atomic E-state index is 10.7. The van der Waals surface area contributed by atoms with Crippen molar-refractivity contribution < 1.29 is 18.8 Å². The molecule has 218 valence electrons. The summed E-state index contributed by atoms with van der Waals surface area (Å²) in [6.07, 6.45) is 1.16. The molecule has 3 heterocycles. The quantitative estimate of drug-likeness (QED) is 0.132. The van der Waals surface area contributed by atoms with Crippen LogP contribution in [0.25, 0.3) is 43.9 Å². The van der Waals surface area contributed by atoms with Gasteiger partial charge in [-0.3, -0.25) is 0 Å². The van der Waals surface area contributed by atoms with Crippen LogP contribution in [-0.4, -0.2) is 20.3 Å². The zero-order chi connectivity index (χ0) is 30.6. The second-order valence-corrected chi connectivity index (χ2v) is 19.8. The number of furan rings is 1. The number of methoxy groups -OCH3 is 1. The molecule has 0 spiro atoms. The summed E-state index contributed by atoms with van der Waals surface area (Å²) in [5.41, 5.74) is 6.70. The molecule has 0 fully saturated rings. The minimum absolute atomic E-state index is 0.0911. The van der Waals surface area contributed by atoms with Gasteiger partial charge in [-0.1, -0.05) is 76.8 Å². The largest absolute Gasteiger partial charge is 0.512 e. The molecule has 1 aliphatic rings. The summed E-state index contributed by atoms with van der Waals surface area (Å²) >= 11 is 0. The molecule has 0 aliphatic carbocycles. The number of aryl methyl sites for hydroxylation is 1. The third kappa shape index (κ3) is 3.62. The first-order valence-corrected chi connectivity index (χ1v) is 18.5. The summed E-state index contributed by atoms with van der Waals surface area (Å²) in [5.74, 6) is 0.538. The molecule has 4 nitrogen and oxygen atoms in total. The van der Waals surface area contributed by atoms with Crippen LogP contribution in [0.4, 0.5) is 0 Å². The third-order valence-electron chi connectivity index (χ3n) is 9.89. The van der Waals surface area contributed by atoms with E-state index < -0.39 is 19.0 Å². The number of rotatable bonds is 3. The van der Waals surface area contributed by atoms with E-state index in [1.807, 2.05) is 0 Å². The van der Waals surface area contributed by atoms with E-state index in [4.69, 9.17) is 9.15 Å². The number of fused-ring (bicyclic) bond motifs is 10. The van der Waals surface area contributed by atoms with Gasteiger partial charge in [-0.05, 0) is 58.9 Å². The van der Waals surface area contributed by atoms with Gasteiger partial charge in [0.15, 0.2) is 11.1 Å². The van der Waals surface area contributed by atoms with Gasteiger partial charge in [0.05, 0.1) is 28.8 Å². The second kappa shape index (κ2) is 8.97. The summed E-state index contributed by atoms with van der Waals surface area (Å²) in [5, 5.41) is 16.5. The highest BCUT2D eigenvalue weighted by Gasteiger charge is 2.61. The molecule has 0 amide bonds. The Morgan fingerprint density at radius 1 is 0.952 bits per heavy atom. The Kier molecular flexibility index (Phi) is 6.09. The molecule has 1 atom stereocenters. The van der Waals surface area contributed by atoms with Gasteiger partial charge >= 0.3 is 0 Å². The van der Waals surface area contributed by atoms with Gasteiger partial charge in [0, 0.05) is 19.9 Å². The zero-order valence-corrected chi connectivity index (χ0v) is 28.0. The number of pyridine rings is 1. The van der Waals surface area contributed by atoms with E-state index >= 15 is 0 Å². The first-order chi connectivity index (χ1) is 19.6. The topological polar surface area (TPSA) is 46.5 Å². The van der Waals surface area contributed by atoms with Crippen molar-refractivity contribution >= 4 is 46.1 Å². The maximum Gasteiger partial charge on any atom is 0.225 e. The highest BCUT2D eigenvalue weighted by molar-refractivity contribution is 6.88. The highest BCUT2D eigenvalue weighted by atomic mass is 28.3. The minimum atomic E-state index is -1.77. The van der Waals surface area contributed by atoms with Gasteiger partial charge in [-0.2, -0.15) is 4.57 Å². The normalized spacial score (nSPS) is 18.9. The Hall–Kier alpha value is -3.57. The molecule has 1 aliphatic heterocycles. The van der Waals surface area contributed by atoms with Crippen molar-refractivity contribution in [3.8, 4) is 11.3 Å². The molecule has 0 saturated carbocycles. The van der Waals surface area contributed by atoms with Crippen molar-refractivity contribution in [1.82, 2.24) is 0 Å². The maximum atomic E-state index is 10.7. The number of ether oxygens (including phenoxy) is 1. The van der Waals surface area contributed by atoms with Crippen molar-refractivity contribution in [2.75, 3.05) is 7.11 Å². The number of aliphatic hydroxyl groups excluding tert-OH is 1. The van der Waals surface area contributed by atoms with E-state index in [9.17, 15) is 5.11 Å². The van der Waals surface area contributed by atoms with E-state index in [0.717, 1.165) is 39.1 Å². The molecule has 5 aromatic rings. The molecule has 0 bridgehead atoms. The average molecular weight is 579 g/mol. The Morgan fingerprint density at radius 2 is 1.62 bits per heavy atom. The molecule has 1 unspecified atom stereocenters. The van der Waals surface area contributed by atoms with Crippen molar-refractivity contribution in [3.05, 3.63) is 83.3 Å². The van der Waals surface area contributed by atoms with E-state index in [-0.39, 0.29) is 5.41 Å². The monoisotopic (exact) mass is 578 g/mol. The van der Waals surface area contributed by atoms with Gasteiger partial charge in [-0.15, -0.1) is 0 Å². The third-order valence-corrected chi connectivity index (χ3v) is 11.6. The molecule has 0 radical (unpaired) electrons. The van der Waals surface area contributed by atoms with E-state index in [1.54, 1.807) is 7.11 Å². The predicted molar refractivity (Wildman–Crippen MR) is 178 cm³/mol. The number of aliphatic hydroxyl groups is 1. The lowest BCUT2D eigenvalue weighted by Crippen LogP contribution is -2.67. The summed E-state index contributed by atoms with van der Waals surface area (Å²) in [6.45, 7) is 22.9. The van der Waals surface area contributed by atoms with Crippen LogP contribution in [-0.2, 0) is 21.1 Å². The minimum Gasteiger partial charge on any atom is -0.512 e.